The first-order chi connectivity index (χ1) is 7.69. The Labute approximate surface area is 102 Å². The van der Waals surface area contributed by atoms with E-state index in [2.05, 4.69) is 25.7 Å². The van der Waals surface area contributed by atoms with Gasteiger partial charge in [0.25, 0.3) is 0 Å². The molecule has 0 saturated carbocycles. The van der Waals surface area contributed by atoms with E-state index in [9.17, 15) is 0 Å². The Hall–Kier alpha value is -0.0800. The van der Waals surface area contributed by atoms with Gasteiger partial charge >= 0.3 is 0 Å². The van der Waals surface area contributed by atoms with E-state index in [1.165, 1.54) is 51.6 Å². The lowest BCUT2D eigenvalue weighted by atomic mass is 9.92. The highest BCUT2D eigenvalue weighted by atomic mass is 15.2. The molecule has 0 radical (unpaired) electrons. The number of hydrogen-bond acceptors (Lipinski definition) is 2. The number of rotatable bonds is 6. The smallest absolute Gasteiger partial charge is 0.00952 e. The summed E-state index contributed by atoms with van der Waals surface area (Å²) in [6.45, 7) is 9.34. The second-order valence-electron chi connectivity index (χ2n) is 5.51. The lowest BCUT2D eigenvalue weighted by Gasteiger charge is -2.40. The van der Waals surface area contributed by atoms with Crippen molar-refractivity contribution in [3.05, 3.63) is 0 Å². The lowest BCUT2D eigenvalue weighted by molar-refractivity contribution is 0.103. The van der Waals surface area contributed by atoms with Crippen LogP contribution in [0.15, 0.2) is 0 Å². The molecule has 1 rings (SSSR count). The zero-order valence-corrected chi connectivity index (χ0v) is 11.4. The Morgan fingerprint density at radius 3 is 2.56 bits per heavy atom. The van der Waals surface area contributed by atoms with E-state index < -0.39 is 0 Å². The largest absolute Gasteiger partial charge is 0.327 e. The van der Waals surface area contributed by atoms with Gasteiger partial charge in [-0.25, -0.2) is 0 Å². The number of nitrogens with two attached hydrogens (primary N) is 1. The van der Waals surface area contributed by atoms with E-state index >= 15 is 0 Å². The topological polar surface area (TPSA) is 29.3 Å². The zero-order chi connectivity index (χ0) is 12.0. The van der Waals surface area contributed by atoms with E-state index in [-0.39, 0.29) is 0 Å². The predicted molar refractivity (Wildman–Crippen MR) is 71.6 cm³/mol. The van der Waals surface area contributed by atoms with E-state index in [4.69, 9.17) is 5.73 Å². The molecule has 0 aromatic rings. The average Bonchev–Trinajstić information content (AvgIpc) is 2.28. The van der Waals surface area contributed by atoms with Gasteiger partial charge in [-0.1, -0.05) is 40.0 Å². The summed E-state index contributed by atoms with van der Waals surface area (Å²) in [6, 6.07) is 1.25. The van der Waals surface area contributed by atoms with Crippen molar-refractivity contribution in [3.63, 3.8) is 0 Å². The van der Waals surface area contributed by atoms with Gasteiger partial charge in [-0.05, 0) is 31.7 Å². The second-order valence-corrected chi connectivity index (χ2v) is 5.51. The Kier molecular flexibility index (Phi) is 6.37. The van der Waals surface area contributed by atoms with Crippen LogP contribution in [0.2, 0.25) is 0 Å². The molecule has 2 N–H and O–H groups in total. The fourth-order valence-corrected chi connectivity index (χ4v) is 2.81. The summed E-state index contributed by atoms with van der Waals surface area (Å²) in [5, 5.41) is 0. The normalized spacial score (nSPS) is 29.2. The molecule has 1 aliphatic heterocycles. The highest BCUT2D eigenvalue weighted by molar-refractivity contribution is 4.84. The number of unbranched alkanes of at least 4 members (excludes halogenated alkanes) is 1. The molecule has 3 atom stereocenters. The number of nitrogens with zero attached hydrogens (tertiary/aromatic N) is 1. The van der Waals surface area contributed by atoms with Crippen LogP contribution in [0.1, 0.15) is 59.3 Å². The molecule has 1 heterocycles. The SMILES string of the molecule is CCCCC(CCC)N1CCC(N)C(C)C1. The highest BCUT2D eigenvalue weighted by Gasteiger charge is 2.27. The average molecular weight is 226 g/mol. The minimum Gasteiger partial charge on any atom is -0.327 e. The molecule has 1 aliphatic rings. The quantitative estimate of drug-likeness (QED) is 0.754. The van der Waals surface area contributed by atoms with Crippen LogP contribution in [0.25, 0.3) is 0 Å². The molecule has 0 bridgehead atoms. The first-order valence-electron chi connectivity index (χ1n) is 7.18. The summed E-state index contributed by atoms with van der Waals surface area (Å²) in [6.07, 6.45) is 7.94. The molecule has 2 heteroatoms. The molecule has 0 aromatic carbocycles. The maximum absolute atomic E-state index is 6.09. The zero-order valence-electron chi connectivity index (χ0n) is 11.4. The third-order valence-electron chi connectivity index (χ3n) is 4.03. The minimum absolute atomic E-state index is 0.435. The van der Waals surface area contributed by atoms with Gasteiger partial charge in [0.2, 0.25) is 0 Å². The number of hydrogen-bond donors (Lipinski definition) is 1. The van der Waals surface area contributed by atoms with Gasteiger partial charge in [0, 0.05) is 18.6 Å². The van der Waals surface area contributed by atoms with Crippen molar-refractivity contribution >= 4 is 0 Å². The van der Waals surface area contributed by atoms with Crippen LogP contribution in [0.4, 0.5) is 0 Å². The van der Waals surface area contributed by atoms with Crippen LogP contribution in [-0.2, 0) is 0 Å². The lowest BCUT2D eigenvalue weighted by Crippen LogP contribution is -2.49. The van der Waals surface area contributed by atoms with Crippen LogP contribution in [0.5, 0.6) is 0 Å². The Morgan fingerprint density at radius 2 is 2.00 bits per heavy atom. The van der Waals surface area contributed by atoms with Crippen molar-refractivity contribution in [2.24, 2.45) is 11.7 Å². The van der Waals surface area contributed by atoms with E-state index in [0.29, 0.717) is 12.0 Å². The van der Waals surface area contributed by atoms with Gasteiger partial charge in [-0.3, -0.25) is 0 Å². The number of likely N-dealkylation sites (tertiary alicyclic amines) is 1. The number of piperidine rings is 1. The summed E-state index contributed by atoms with van der Waals surface area (Å²) in [5.41, 5.74) is 6.09. The molecular formula is C14H30N2. The van der Waals surface area contributed by atoms with Gasteiger partial charge in [-0.2, -0.15) is 0 Å². The molecule has 3 unspecified atom stereocenters. The molecule has 1 fully saturated rings. The summed E-state index contributed by atoms with van der Waals surface area (Å²) in [4.78, 5) is 2.70. The van der Waals surface area contributed by atoms with Crippen LogP contribution in [0, 0.1) is 5.92 Å². The van der Waals surface area contributed by atoms with E-state index in [1.807, 2.05) is 0 Å². The van der Waals surface area contributed by atoms with Crippen molar-refractivity contribution in [3.8, 4) is 0 Å². The van der Waals surface area contributed by atoms with Gasteiger partial charge in [-0.15, -0.1) is 0 Å². The van der Waals surface area contributed by atoms with Crippen LogP contribution >= 0.6 is 0 Å². The summed E-state index contributed by atoms with van der Waals surface area (Å²) < 4.78 is 0. The molecule has 0 amide bonds. The Morgan fingerprint density at radius 1 is 1.25 bits per heavy atom. The molecule has 0 aromatic heterocycles. The van der Waals surface area contributed by atoms with Crippen molar-refractivity contribution in [1.82, 2.24) is 4.90 Å². The highest BCUT2D eigenvalue weighted by Crippen LogP contribution is 2.22. The summed E-state index contributed by atoms with van der Waals surface area (Å²) in [5.74, 6) is 0.676. The van der Waals surface area contributed by atoms with E-state index in [1.54, 1.807) is 0 Å². The monoisotopic (exact) mass is 226 g/mol. The van der Waals surface area contributed by atoms with Crippen LogP contribution in [0.3, 0.4) is 0 Å². The minimum atomic E-state index is 0.435. The molecule has 16 heavy (non-hydrogen) atoms. The first kappa shape index (κ1) is 14.0. The Balaban J connectivity index is 2.43. The third-order valence-corrected chi connectivity index (χ3v) is 4.03. The molecule has 1 saturated heterocycles. The van der Waals surface area contributed by atoms with Crippen molar-refractivity contribution < 1.29 is 0 Å². The van der Waals surface area contributed by atoms with Crippen LogP contribution in [-0.4, -0.2) is 30.1 Å². The fourth-order valence-electron chi connectivity index (χ4n) is 2.81. The van der Waals surface area contributed by atoms with Crippen molar-refractivity contribution in [2.45, 2.75) is 71.4 Å². The molecule has 0 spiro atoms. The summed E-state index contributed by atoms with van der Waals surface area (Å²) in [7, 11) is 0. The fraction of sp³-hybridized carbons (Fsp3) is 1.00. The first-order valence-corrected chi connectivity index (χ1v) is 7.18. The summed E-state index contributed by atoms with van der Waals surface area (Å²) >= 11 is 0. The van der Waals surface area contributed by atoms with Gasteiger partial charge in [0.1, 0.15) is 0 Å². The van der Waals surface area contributed by atoms with Crippen LogP contribution < -0.4 is 5.73 Å². The maximum atomic E-state index is 6.09. The van der Waals surface area contributed by atoms with Crippen molar-refractivity contribution in [2.75, 3.05) is 13.1 Å². The molecular weight excluding hydrogens is 196 g/mol. The molecule has 2 nitrogen and oxygen atoms in total. The standard InChI is InChI=1S/C14H30N2/c1-4-6-8-13(7-5-2)16-10-9-14(15)12(3)11-16/h12-14H,4-11,15H2,1-3H3. The van der Waals surface area contributed by atoms with Gasteiger partial charge in [0.15, 0.2) is 0 Å². The third kappa shape index (κ3) is 4.06. The Bertz CT molecular complexity index is 180. The second kappa shape index (κ2) is 7.29. The van der Waals surface area contributed by atoms with Gasteiger partial charge in [0.05, 0.1) is 0 Å². The molecule has 0 aliphatic carbocycles. The maximum Gasteiger partial charge on any atom is 0.00952 e. The van der Waals surface area contributed by atoms with E-state index in [0.717, 1.165) is 6.04 Å². The molecule has 96 valence electrons. The van der Waals surface area contributed by atoms with Crippen molar-refractivity contribution in [1.29, 1.82) is 0 Å². The van der Waals surface area contributed by atoms with Gasteiger partial charge < -0.3 is 10.6 Å². The predicted octanol–water partition coefficient (Wildman–Crippen LogP) is 3.01.